The van der Waals surface area contributed by atoms with E-state index in [0.29, 0.717) is 0 Å². The van der Waals surface area contributed by atoms with Gasteiger partial charge in [0, 0.05) is 23.3 Å². The normalized spacial score (nSPS) is 12.6. The van der Waals surface area contributed by atoms with Crippen molar-refractivity contribution in [1.29, 1.82) is 0 Å². The summed E-state index contributed by atoms with van der Waals surface area (Å²) in [7, 11) is -5.98. The molecule has 4 heteroatoms. The second kappa shape index (κ2) is 10.7. The standard InChI is InChI=1S/C32H29NOP2/c1-27(28-17-7-2-8-18-28)35(29-19-9-3-10-20-29,30-21-11-4-12-22-30)33-36(34,31-23-13-5-14-24-31)32-25-15-6-16-26-32/h2-27H,1H3. The summed E-state index contributed by atoms with van der Waals surface area (Å²) in [6, 6.07) is 51.0. The van der Waals surface area contributed by atoms with Crippen molar-refractivity contribution >= 4 is 35.6 Å². The fraction of sp³-hybridized carbons (Fsp3) is 0.0625. The number of hydrogen-bond acceptors (Lipinski definition) is 1. The van der Waals surface area contributed by atoms with Gasteiger partial charge in [-0.05, 0) is 40.4 Å². The molecule has 178 valence electrons. The Balaban J connectivity index is 1.95. The topological polar surface area (TPSA) is 29.4 Å². The van der Waals surface area contributed by atoms with Gasteiger partial charge in [-0.15, -0.1) is 0 Å². The summed E-state index contributed by atoms with van der Waals surface area (Å²) in [5.41, 5.74) is 1.21. The maximum atomic E-state index is 15.4. The van der Waals surface area contributed by atoms with Gasteiger partial charge in [-0.1, -0.05) is 134 Å². The van der Waals surface area contributed by atoms with Gasteiger partial charge in [-0.25, -0.2) is 4.52 Å². The van der Waals surface area contributed by atoms with Gasteiger partial charge in [0.1, 0.15) is 0 Å². The van der Waals surface area contributed by atoms with E-state index in [4.69, 9.17) is 4.52 Å². The molecule has 5 aromatic carbocycles. The van der Waals surface area contributed by atoms with Crippen molar-refractivity contribution in [2.75, 3.05) is 0 Å². The van der Waals surface area contributed by atoms with Crippen molar-refractivity contribution in [3.8, 4) is 0 Å². The molecule has 2 nitrogen and oxygen atoms in total. The van der Waals surface area contributed by atoms with Crippen LogP contribution < -0.4 is 21.2 Å². The fourth-order valence-corrected chi connectivity index (χ4v) is 13.1. The molecule has 0 saturated heterocycles. The van der Waals surface area contributed by atoms with Crippen molar-refractivity contribution in [2.45, 2.75) is 12.6 Å². The average Bonchev–Trinajstić information content (AvgIpc) is 2.98. The molecule has 0 aromatic heterocycles. The van der Waals surface area contributed by atoms with Crippen molar-refractivity contribution in [3.05, 3.63) is 157 Å². The van der Waals surface area contributed by atoms with Crippen LogP contribution in [0.4, 0.5) is 0 Å². The first-order valence-electron chi connectivity index (χ1n) is 12.2. The Labute approximate surface area is 214 Å². The largest absolute Gasteiger partial charge is 0.288 e. The summed E-state index contributed by atoms with van der Waals surface area (Å²) >= 11 is 0. The minimum absolute atomic E-state index is 0.0178. The summed E-state index contributed by atoms with van der Waals surface area (Å²) in [5, 5.41) is 3.76. The Morgan fingerprint density at radius 2 is 0.778 bits per heavy atom. The molecule has 0 bridgehead atoms. The second-order valence-corrected chi connectivity index (χ2v) is 14.9. The molecule has 5 rings (SSSR count). The Hall–Kier alpha value is -3.44. The van der Waals surface area contributed by atoms with E-state index >= 15 is 4.57 Å². The number of rotatable bonds is 7. The molecule has 0 saturated carbocycles. The van der Waals surface area contributed by atoms with Crippen LogP contribution in [0.3, 0.4) is 0 Å². The lowest BCUT2D eigenvalue weighted by Gasteiger charge is -2.34. The Morgan fingerprint density at radius 1 is 0.472 bits per heavy atom. The number of benzene rings is 5. The van der Waals surface area contributed by atoms with Gasteiger partial charge >= 0.3 is 0 Å². The molecule has 0 fully saturated rings. The first-order chi connectivity index (χ1) is 17.6. The van der Waals surface area contributed by atoms with Gasteiger partial charge < -0.3 is 0 Å². The molecule has 0 amide bonds. The van der Waals surface area contributed by atoms with Crippen LogP contribution in [0.15, 0.2) is 156 Å². The summed E-state index contributed by atoms with van der Waals surface area (Å²) in [6.07, 6.45) is 0. The lowest BCUT2D eigenvalue weighted by molar-refractivity contribution is 0.588. The van der Waals surface area contributed by atoms with Crippen molar-refractivity contribution < 1.29 is 4.57 Å². The quantitative estimate of drug-likeness (QED) is 0.210. The van der Waals surface area contributed by atoms with Crippen LogP contribution in [0.5, 0.6) is 0 Å². The molecule has 0 N–H and O–H groups in total. The minimum atomic E-state index is -3.38. The lowest BCUT2D eigenvalue weighted by Crippen LogP contribution is -2.23. The van der Waals surface area contributed by atoms with E-state index < -0.39 is 14.3 Å². The number of nitrogens with zero attached hydrogens (tertiary/aromatic N) is 1. The maximum absolute atomic E-state index is 15.4. The molecule has 5 aromatic rings. The van der Waals surface area contributed by atoms with Gasteiger partial charge in [0.2, 0.25) is 7.29 Å². The molecule has 0 aliphatic rings. The predicted octanol–water partition coefficient (Wildman–Crippen LogP) is 7.53. The fourth-order valence-electron chi connectivity index (χ4n) is 4.75. The van der Waals surface area contributed by atoms with Crippen LogP contribution in [0.25, 0.3) is 0 Å². The predicted molar refractivity (Wildman–Crippen MR) is 156 cm³/mol. The molecule has 0 aliphatic heterocycles. The summed E-state index contributed by atoms with van der Waals surface area (Å²) in [6.45, 7) is 2.24. The second-order valence-electron chi connectivity index (χ2n) is 8.78. The highest BCUT2D eigenvalue weighted by molar-refractivity contribution is 7.89. The van der Waals surface area contributed by atoms with Crippen LogP contribution >= 0.6 is 14.3 Å². The van der Waals surface area contributed by atoms with Gasteiger partial charge in [0.25, 0.3) is 0 Å². The van der Waals surface area contributed by atoms with Gasteiger partial charge in [-0.3, -0.25) is 4.57 Å². The highest BCUT2D eigenvalue weighted by Crippen LogP contribution is 2.66. The van der Waals surface area contributed by atoms with E-state index in [-0.39, 0.29) is 5.66 Å². The monoisotopic (exact) mass is 505 g/mol. The van der Waals surface area contributed by atoms with E-state index in [9.17, 15) is 0 Å². The molecule has 0 aliphatic carbocycles. The molecule has 0 radical (unpaired) electrons. The Bertz CT molecular complexity index is 1420. The van der Waals surface area contributed by atoms with Crippen LogP contribution in [0.2, 0.25) is 0 Å². The zero-order valence-corrected chi connectivity index (χ0v) is 22.0. The molecule has 36 heavy (non-hydrogen) atoms. The van der Waals surface area contributed by atoms with E-state index in [0.717, 1.165) is 21.2 Å². The highest BCUT2D eigenvalue weighted by atomic mass is 31.2. The Morgan fingerprint density at radius 3 is 1.14 bits per heavy atom. The van der Waals surface area contributed by atoms with Crippen molar-refractivity contribution in [2.24, 2.45) is 4.52 Å². The van der Waals surface area contributed by atoms with Crippen LogP contribution in [-0.2, 0) is 4.57 Å². The van der Waals surface area contributed by atoms with Crippen LogP contribution in [0.1, 0.15) is 18.1 Å². The Kier molecular flexibility index (Phi) is 7.19. The van der Waals surface area contributed by atoms with E-state index in [1.54, 1.807) is 0 Å². The van der Waals surface area contributed by atoms with E-state index in [2.05, 4.69) is 79.7 Å². The summed E-state index contributed by atoms with van der Waals surface area (Å²) in [4.78, 5) is 0. The third kappa shape index (κ3) is 4.56. The first kappa shape index (κ1) is 24.3. The van der Waals surface area contributed by atoms with Crippen LogP contribution in [0, 0.1) is 0 Å². The lowest BCUT2D eigenvalue weighted by atomic mass is 10.2. The summed E-state index contributed by atoms with van der Waals surface area (Å²) < 4.78 is 21.0. The zero-order chi connectivity index (χ0) is 24.8. The molecular weight excluding hydrogens is 476 g/mol. The molecular formula is C32H29NOP2. The average molecular weight is 506 g/mol. The molecule has 0 heterocycles. The minimum Gasteiger partial charge on any atom is -0.288 e. The van der Waals surface area contributed by atoms with E-state index in [1.165, 1.54) is 5.56 Å². The van der Waals surface area contributed by atoms with Gasteiger partial charge in [0.05, 0.1) is 0 Å². The first-order valence-corrected chi connectivity index (χ1v) is 15.6. The number of hydrogen-bond donors (Lipinski definition) is 0. The van der Waals surface area contributed by atoms with Gasteiger partial charge in [-0.2, -0.15) is 0 Å². The molecule has 1 atom stereocenters. The summed E-state index contributed by atoms with van der Waals surface area (Å²) in [5.74, 6) is 0. The maximum Gasteiger partial charge on any atom is 0.246 e. The van der Waals surface area contributed by atoms with Crippen molar-refractivity contribution in [1.82, 2.24) is 0 Å². The van der Waals surface area contributed by atoms with E-state index in [1.807, 2.05) is 78.9 Å². The smallest absolute Gasteiger partial charge is 0.246 e. The third-order valence-electron chi connectivity index (χ3n) is 6.62. The van der Waals surface area contributed by atoms with Gasteiger partial charge in [0.15, 0.2) is 0 Å². The van der Waals surface area contributed by atoms with Crippen LogP contribution in [-0.4, -0.2) is 0 Å². The third-order valence-corrected chi connectivity index (χ3v) is 14.3. The SMILES string of the molecule is CC(c1ccccc1)P(=NP(=O)(c1ccccc1)c1ccccc1)(c1ccccc1)c1ccccc1. The molecule has 1 unspecified atom stereocenters. The van der Waals surface area contributed by atoms with Crippen molar-refractivity contribution in [3.63, 3.8) is 0 Å². The highest BCUT2D eigenvalue weighted by Gasteiger charge is 2.38. The zero-order valence-electron chi connectivity index (χ0n) is 20.3. The molecule has 0 spiro atoms.